The maximum absolute atomic E-state index is 3.61. The van der Waals surface area contributed by atoms with Crippen LogP contribution in [-0.2, 0) is 6.42 Å². The molecule has 20 heavy (non-hydrogen) atoms. The SMILES string of the molecule is CNC(Cc1ccccc1C)C1CC2CCC(C1)N2C. The molecule has 0 aromatic heterocycles. The van der Waals surface area contributed by atoms with Gasteiger partial charge in [-0.2, -0.15) is 0 Å². The monoisotopic (exact) mass is 272 g/mol. The first-order valence-corrected chi connectivity index (χ1v) is 8.12. The van der Waals surface area contributed by atoms with Crippen LogP contribution in [0.1, 0.15) is 36.8 Å². The average Bonchev–Trinajstić information content (AvgIpc) is 2.67. The standard InChI is InChI=1S/C18H28N2/c1-13-6-4-5-7-14(13)12-18(19-2)15-10-16-8-9-17(11-15)20(16)3/h4-7,15-19H,8-12H2,1-3H3. The van der Waals surface area contributed by atoms with E-state index in [1.54, 1.807) is 0 Å². The van der Waals surface area contributed by atoms with Gasteiger partial charge in [0.2, 0.25) is 0 Å². The third-order valence-electron chi connectivity index (χ3n) is 5.78. The average molecular weight is 272 g/mol. The van der Waals surface area contributed by atoms with Crippen molar-refractivity contribution in [3.8, 4) is 0 Å². The van der Waals surface area contributed by atoms with E-state index in [0.717, 1.165) is 18.0 Å². The minimum Gasteiger partial charge on any atom is -0.316 e. The van der Waals surface area contributed by atoms with Crippen molar-refractivity contribution in [3.05, 3.63) is 35.4 Å². The van der Waals surface area contributed by atoms with Crippen molar-refractivity contribution in [2.45, 2.75) is 57.2 Å². The van der Waals surface area contributed by atoms with Gasteiger partial charge in [0, 0.05) is 18.1 Å². The van der Waals surface area contributed by atoms with Gasteiger partial charge >= 0.3 is 0 Å². The van der Waals surface area contributed by atoms with E-state index in [-0.39, 0.29) is 0 Å². The zero-order chi connectivity index (χ0) is 14.1. The number of aryl methyl sites for hydroxylation is 1. The first-order chi connectivity index (χ1) is 9.69. The van der Waals surface area contributed by atoms with Crippen LogP contribution < -0.4 is 5.32 Å². The highest BCUT2D eigenvalue weighted by atomic mass is 15.2. The van der Waals surface area contributed by atoms with Crippen molar-refractivity contribution in [1.29, 1.82) is 0 Å². The fourth-order valence-electron chi connectivity index (χ4n) is 4.36. The lowest BCUT2D eigenvalue weighted by Crippen LogP contribution is -2.47. The van der Waals surface area contributed by atoms with Gasteiger partial charge in [-0.25, -0.2) is 0 Å². The molecule has 2 aliphatic heterocycles. The van der Waals surface area contributed by atoms with Gasteiger partial charge in [0.15, 0.2) is 0 Å². The molecular weight excluding hydrogens is 244 g/mol. The molecule has 0 spiro atoms. The van der Waals surface area contributed by atoms with Crippen LogP contribution in [0.5, 0.6) is 0 Å². The number of fused-ring (bicyclic) bond motifs is 2. The summed E-state index contributed by atoms with van der Waals surface area (Å²) < 4.78 is 0. The Morgan fingerprint density at radius 3 is 2.45 bits per heavy atom. The Kier molecular flexibility index (Phi) is 4.13. The lowest BCUT2D eigenvalue weighted by atomic mass is 9.82. The molecule has 0 amide bonds. The Bertz CT molecular complexity index is 442. The van der Waals surface area contributed by atoms with Gasteiger partial charge in [-0.3, -0.25) is 0 Å². The number of hydrogen-bond donors (Lipinski definition) is 1. The van der Waals surface area contributed by atoms with E-state index in [1.165, 1.54) is 43.2 Å². The third kappa shape index (κ3) is 2.64. The molecule has 2 heteroatoms. The summed E-state index contributed by atoms with van der Waals surface area (Å²) in [6, 6.07) is 11.2. The smallest absolute Gasteiger partial charge is 0.0134 e. The lowest BCUT2D eigenvalue weighted by molar-refractivity contribution is 0.114. The van der Waals surface area contributed by atoms with Crippen LogP contribution in [0.2, 0.25) is 0 Å². The van der Waals surface area contributed by atoms with Crippen molar-refractivity contribution in [2.24, 2.45) is 5.92 Å². The molecule has 2 aliphatic rings. The second kappa shape index (κ2) is 5.87. The maximum Gasteiger partial charge on any atom is 0.0134 e. The number of hydrogen-bond acceptors (Lipinski definition) is 2. The van der Waals surface area contributed by atoms with E-state index in [9.17, 15) is 0 Å². The summed E-state index contributed by atoms with van der Waals surface area (Å²) in [6.07, 6.45) is 6.77. The molecule has 110 valence electrons. The van der Waals surface area contributed by atoms with E-state index < -0.39 is 0 Å². The third-order valence-corrected chi connectivity index (χ3v) is 5.78. The topological polar surface area (TPSA) is 15.3 Å². The normalized spacial score (nSPS) is 31.4. The Labute approximate surface area is 123 Å². The molecule has 0 aliphatic carbocycles. The molecule has 2 saturated heterocycles. The second-order valence-corrected chi connectivity index (χ2v) is 6.81. The van der Waals surface area contributed by atoms with Crippen LogP contribution in [0.3, 0.4) is 0 Å². The number of benzene rings is 1. The molecule has 2 heterocycles. The highest BCUT2D eigenvalue weighted by molar-refractivity contribution is 5.26. The number of piperidine rings is 1. The summed E-state index contributed by atoms with van der Waals surface area (Å²) in [5.41, 5.74) is 2.95. The van der Waals surface area contributed by atoms with E-state index in [1.807, 2.05) is 0 Å². The van der Waals surface area contributed by atoms with E-state index in [4.69, 9.17) is 0 Å². The van der Waals surface area contributed by atoms with Crippen molar-refractivity contribution in [1.82, 2.24) is 10.2 Å². The van der Waals surface area contributed by atoms with Crippen LogP contribution in [0.25, 0.3) is 0 Å². The molecule has 3 rings (SSSR count). The minimum atomic E-state index is 0.632. The molecular formula is C18H28N2. The predicted octanol–water partition coefficient (Wildman–Crippen LogP) is 3.00. The lowest BCUT2D eigenvalue weighted by Gasteiger charge is -2.40. The first kappa shape index (κ1) is 14.1. The van der Waals surface area contributed by atoms with E-state index >= 15 is 0 Å². The summed E-state index contributed by atoms with van der Waals surface area (Å²) in [4.78, 5) is 2.64. The van der Waals surface area contributed by atoms with Crippen LogP contribution in [0.15, 0.2) is 24.3 Å². The number of likely N-dealkylation sites (N-methyl/N-ethyl adjacent to an activating group) is 1. The zero-order valence-corrected chi connectivity index (χ0v) is 13.1. The Balaban J connectivity index is 1.70. The summed E-state index contributed by atoms with van der Waals surface area (Å²) in [6.45, 7) is 2.24. The summed E-state index contributed by atoms with van der Waals surface area (Å²) in [5.74, 6) is 0.841. The summed E-state index contributed by atoms with van der Waals surface area (Å²) in [7, 11) is 4.47. The largest absolute Gasteiger partial charge is 0.316 e. The molecule has 2 fully saturated rings. The minimum absolute atomic E-state index is 0.632. The van der Waals surface area contributed by atoms with Gasteiger partial charge in [-0.1, -0.05) is 24.3 Å². The molecule has 3 unspecified atom stereocenters. The highest BCUT2D eigenvalue weighted by Crippen LogP contribution is 2.39. The van der Waals surface area contributed by atoms with Crippen LogP contribution in [0, 0.1) is 12.8 Å². The number of nitrogens with zero attached hydrogens (tertiary/aromatic N) is 1. The highest BCUT2D eigenvalue weighted by Gasteiger charge is 2.40. The maximum atomic E-state index is 3.61. The van der Waals surface area contributed by atoms with Crippen LogP contribution in [0.4, 0.5) is 0 Å². The van der Waals surface area contributed by atoms with Gasteiger partial charge < -0.3 is 10.2 Å². The van der Waals surface area contributed by atoms with Crippen molar-refractivity contribution < 1.29 is 0 Å². The van der Waals surface area contributed by atoms with Gasteiger partial charge in [-0.05, 0) is 70.2 Å². The molecule has 0 saturated carbocycles. The van der Waals surface area contributed by atoms with E-state index in [0.29, 0.717) is 6.04 Å². The molecule has 2 bridgehead atoms. The predicted molar refractivity (Wildman–Crippen MR) is 85.0 cm³/mol. The van der Waals surface area contributed by atoms with Crippen LogP contribution >= 0.6 is 0 Å². The fourth-order valence-corrected chi connectivity index (χ4v) is 4.36. The molecule has 0 radical (unpaired) electrons. The number of nitrogens with one attached hydrogen (secondary N) is 1. The summed E-state index contributed by atoms with van der Waals surface area (Å²) in [5, 5.41) is 3.61. The van der Waals surface area contributed by atoms with Gasteiger partial charge in [0.1, 0.15) is 0 Å². The van der Waals surface area contributed by atoms with Crippen LogP contribution in [-0.4, -0.2) is 37.1 Å². The van der Waals surface area contributed by atoms with Gasteiger partial charge in [0.25, 0.3) is 0 Å². The second-order valence-electron chi connectivity index (χ2n) is 6.81. The van der Waals surface area contributed by atoms with Gasteiger partial charge in [0.05, 0.1) is 0 Å². The quantitative estimate of drug-likeness (QED) is 0.906. The Hall–Kier alpha value is -0.860. The Morgan fingerprint density at radius 2 is 1.85 bits per heavy atom. The van der Waals surface area contributed by atoms with Crippen molar-refractivity contribution in [3.63, 3.8) is 0 Å². The molecule has 2 nitrogen and oxygen atoms in total. The Morgan fingerprint density at radius 1 is 1.20 bits per heavy atom. The fraction of sp³-hybridized carbons (Fsp3) is 0.667. The van der Waals surface area contributed by atoms with E-state index in [2.05, 4.69) is 55.5 Å². The summed E-state index contributed by atoms with van der Waals surface area (Å²) >= 11 is 0. The van der Waals surface area contributed by atoms with Crippen molar-refractivity contribution in [2.75, 3.05) is 14.1 Å². The molecule has 1 N–H and O–H groups in total. The van der Waals surface area contributed by atoms with Gasteiger partial charge in [-0.15, -0.1) is 0 Å². The molecule has 1 aromatic rings. The zero-order valence-electron chi connectivity index (χ0n) is 13.1. The van der Waals surface area contributed by atoms with Crippen molar-refractivity contribution >= 4 is 0 Å². The molecule has 1 aromatic carbocycles. The number of rotatable bonds is 4. The first-order valence-electron chi connectivity index (χ1n) is 8.12. The molecule has 3 atom stereocenters.